The van der Waals surface area contributed by atoms with Crippen LogP contribution in [-0.4, -0.2) is 24.2 Å². The van der Waals surface area contributed by atoms with E-state index in [2.05, 4.69) is 34.9 Å². The van der Waals surface area contributed by atoms with Gasteiger partial charge in [-0.15, -0.1) is 11.8 Å². The smallest absolute Gasteiger partial charge is 0.234 e. The van der Waals surface area contributed by atoms with Crippen LogP contribution < -0.4 is 10.6 Å². The van der Waals surface area contributed by atoms with Gasteiger partial charge in [0, 0.05) is 16.7 Å². The summed E-state index contributed by atoms with van der Waals surface area (Å²) in [4.78, 5) is 13.4. The number of thioether (sulfide) groups is 1. The molecule has 1 aliphatic carbocycles. The van der Waals surface area contributed by atoms with Gasteiger partial charge < -0.3 is 10.6 Å². The van der Waals surface area contributed by atoms with Crippen molar-refractivity contribution in [3.8, 4) is 0 Å². The van der Waals surface area contributed by atoms with Gasteiger partial charge in [0.15, 0.2) is 0 Å². The monoisotopic (exact) mass is 290 g/mol. The number of carbonyl (C=O) groups excluding carboxylic acids is 1. The summed E-state index contributed by atoms with van der Waals surface area (Å²) >= 11 is 1.89. The molecule has 1 aliphatic heterocycles. The number of nitrogens with one attached hydrogen (secondary N) is 2. The van der Waals surface area contributed by atoms with Crippen LogP contribution in [0, 0.1) is 0 Å². The first-order valence-electron chi connectivity index (χ1n) is 7.57. The van der Waals surface area contributed by atoms with Crippen LogP contribution in [0.25, 0.3) is 0 Å². The van der Waals surface area contributed by atoms with Crippen LogP contribution in [0.15, 0.2) is 29.2 Å². The van der Waals surface area contributed by atoms with Gasteiger partial charge in [0.1, 0.15) is 0 Å². The highest BCUT2D eigenvalue weighted by Crippen LogP contribution is 2.35. The number of hydrogen-bond donors (Lipinski definition) is 2. The normalized spacial score (nSPS) is 22.5. The molecule has 0 saturated heterocycles. The lowest BCUT2D eigenvalue weighted by Gasteiger charge is -2.26. The molecule has 1 aromatic rings. The highest BCUT2D eigenvalue weighted by molar-refractivity contribution is 7.99. The maximum atomic E-state index is 12.1. The Hall–Kier alpha value is -1.00. The Balaban J connectivity index is 1.54. The van der Waals surface area contributed by atoms with Gasteiger partial charge in [-0.3, -0.25) is 4.79 Å². The highest BCUT2D eigenvalue weighted by Gasteiger charge is 2.22. The zero-order valence-electron chi connectivity index (χ0n) is 11.7. The van der Waals surface area contributed by atoms with Crippen molar-refractivity contribution in [1.82, 2.24) is 10.6 Å². The SMILES string of the molecule is O=C(CNC1CCCC1)NC1CCSc2ccccc21. The lowest BCUT2D eigenvalue weighted by atomic mass is 10.0. The molecule has 20 heavy (non-hydrogen) atoms. The molecule has 1 fully saturated rings. The van der Waals surface area contributed by atoms with E-state index in [1.54, 1.807) is 0 Å². The quantitative estimate of drug-likeness (QED) is 0.896. The third-order valence-corrected chi connectivity index (χ3v) is 5.32. The summed E-state index contributed by atoms with van der Waals surface area (Å²) in [6.07, 6.45) is 6.06. The van der Waals surface area contributed by atoms with E-state index >= 15 is 0 Å². The second-order valence-corrected chi connectivity index (χ2v) is 6.79. The second-order valence-electron chi connectivity index (χ2n) is 5.66. The molecule has 1 heterocycles. The van der Waals surface area contributed by atoms with Crippen LogP contribution >= 0.6 is 11.8 Å². The van der Waals surface area contributed by atoms with Crippen LogP contribution in [0.4, 0.5) is 0 Å². The molecule has 1 atom stereocenters. The first kappa shape index (κ1) is 14.0. The highest BCUT2D eigenvalue weighted by atomic mass is 32.2. The summed E-state index contributed by atoms with van der Waals surface area (Å²) in [6, 6.07) is 9.14. The van der Waals surface area contributed by atoms with Crippen LogP contribution in [0.1, 0.15) is 43.7 Å². The Morgan fingerprint density at radius 2 is 2.00 bits per heavy atom. The van der Waals surface area contributed by atoms with Crippen molar-refractivity contribution in [1.29, 1.82) is 0 Å². The Bertz CT molecular complexity index is 471. The molecular weight excluding hydrogens is 268 g/mol. The van der Waals surface area contributed by atoms with Gasteiger partial charge in [-0.1, -0.05) is 31.0 Å². The molecule has 0 aromatic heterocycles. The van der Waals surface area contributed by atoms with Crippen molar-refractivity contribution >= 4 is 17.7 Å². The van der Waals surface area contributed by atoms with Gasteiger partial charge in [0.25, 0.3) is 0 Å². The van der Waals surface area contributed by atoms with Gasteiger partial charge >= 0.3 is 0 Å². The van der Waals surface area contributed by atoms with E-state index in [9.17, 15) is 4.79 Å². The predicted octanol–water partition coefficient (Wildman–Crippen LogP) is 2.87. The number of benzene rings is 1. The number of hydrogen-bond acceptors (Lipinski definition) is 3. The second kappa shape index (κ2) is 6.64. The lowest BCUT2D eigenvalue weighted by molar-refractivity contribution is -0.121. The standard InChI is InChI=1S/C16H22N2OS/c19-16(11-17-12-5-1-2-6-12)18-14-9-10-20-15-8-4-3-7-13(14)15/h3-4,7-8,12,14,17H,1-2,5-6,9-11H2,(H,18,19). The topological polar surface area (TPSA) is 41.1 Å². The summed E-state index contributed by atoms with van der Waals surface area (Å²) in [6.45, 7) is 0.455. The van der Waals surface area contributed by atoms with E-state index in [1.165, 1.54) is 36.1 Å². The van der Waals surface area contributed by atoms with E-state index in [1.807, 2.05) is 11.8 Å². The minimum absolute atomic E-state index is 0.128. The number of amides is 1. The average Bonchev–Trinajstić information content (AvgIpc) is 2.99. The maximum absolute atomic E-state index is 12.1. The van der Waals surface area contributed by atoms with Crippen LogP contribution in [0.5, 0.6) is 0 Å². The van der Waals surface area contributed by atoms with Crippen molar-refractivity contribution in [2.24, 2.45) is 0 Å². The molecule has 1 amide bonds. The molecule has 0 radical (unpaired) electrons. The van der Waals surface area contributed by atoms with Gasteiger partial charge in [-0.25, -0.2) is 0 Å². The lowest BCUT2D eigenvalue weighted by Crippen LogP contribution is -2.40. The fourth-order valence-electron chi connectivity index (χ4n) is 3.10. The largest absolute Gasteiger partial charge is 0.348 e. The molecule has 108 valence electrons. The molecule has 3 nitrogen and oxygen atoms in total. The predicted molar refractivity (Wildman–Crippen MR) is 82.9 cm³/mol. The van der Waals surface area contributed by atoms with Crippen LogP contribution in [-0.2, 0) is 4.79 Å². The fourth-order valence-corrected chi connectivity index (χ4v) is 4.23. The van der Waals surface area contributed by atoms with Gasteiger partial charge in [0.2, 0.25) is 5.91 Å². The van der Waals surface area contributed by atoms with Crippen molar-refractivity contribution in [3.63, 3.8) is 0 Å². The third kappa shape index (κ3) is 3.36. The average molecular weight is 290 g/mol. The first-order chi connectivity index (χ1) is 9.83. The van der Waals surface area contributed by atoms with Crippen LogP contribution in [0.3, 0.4) is 0 Å². The van der Waals surface area contributed by atoms with Crippen molar-refractivity contribution in [2.45, 2.75) is 49.1 Å². The Kier molecular flexibility index (Phi) is 4.63. The zero-order chi connectivity index (χ0) is 13.8. The molecule has 4 heteroatoms. The molecule has 0 spiro atoms. The summed E-state index contributed by atoms with van der Waals surface area (Å²) in [5.41, 5.74) is 1.28. The molecular formula is C16H22N2OS. The minimum Gasteiger partial charge on any atom is -0.348 e. The summed E-state index contributed by atoms with van der Waals surface area (Å²) in [5, 5.41) is 6.56. The molecule has 1 saturated carbocycles. The van der Waals surface area contributed by atoms with E-state index in [4.69, 9.17) is 0 Å². The summed E-state index contributed by atoms with van der Waals surface area (Å²) in [5.74, 6) is 1.21. The molecule has 1 aromatic carbocycles. The van der Waals surface area contributed by atoms with Gasteiger partial charge in [-0.05, 0) is 30.9 Å². The maximum Gasteiger partial charge on any atom is 0.234 e. The summed E-state index contributed by atoms with van der Waals surface area (Å²) in [7, 11) is 0. The van der Waals surface area contributed by atoms with Gasteiger partial charge in [0.05, 0.1) is 12.6 Å². The van der Waals surface area contributed by atoms with Crippen molar-refractivity contribution in [2.75, 3.05) is 12.3 Å². The van der Waals surface area contributed by atoms with Crippen molar-refractivity contribution in [3.05, 3.63) is 29.8 Å². The summed E-state index contributed by atoms with van der Waals surface area (Å²) < 4.78 is 0. The minimum atomic E-state index is 0.128. The van der Waals surface area contributed by atoms with E-state index in [0.717, 1.165) is 12.2 Å². The molecule has 1 unspecified atom stereocenters. The molecule has 3 rings (SSSR count). The van der Waals surface area contributed by atoms with E-state index in [-0.39, 0.29) is 11.9 Å². The number of fused-ring (bicyclic) bond motifs is 1. The first-order valence-corrected chi connectivity index (χ1v) is 8.56. The number of carbonyl (C=O) groups is 1. The molecule has 2 N–H and O–H groups in total. The van der Waals surface area contributed by atoms with Crippen molar-refractivity contribution < 1.29 is 4.79 Å². The Morgan fingerprint density at radius 3 is 2.85 bits per heavy atom. The third-order valence-electron chi connectivity index (χ3n) is 4.20. The number of rotatable bonds is 4. The fraction of sp³-hybridized carbons (Fsp3) is 0.562. The van der Waals surface area contributed by atoms with Gasteiger partial charge in [-0.2, -0.15) is 0 Å². The van der Waals surface area contributed by atoms with E-state index in [0.29, 0.717) is 12.6 Å². The zero-order valence-corrected chi connectivity index (χ0v) is 12.5. The molecule has 0 bridgehead atoms. The Morgan fingerprint density at radius 1 is 1.20 bits per heavy atom. The Labute approximate surface area is 124 Å². The van der Waals surface area contributed by atoms with Crippen LogP contribution in [0.2, 0.25) is 0 Å². The van der Waals surface area contributed by atoms with E-state index < -0.39 is 0 Å². The molecule has 2 aliphatic rings.